The first-order chi connectivity index (χ1) is 9.56. The number of aliphatic hydroxyl groups excluding tert-OH is 1. The van der Waals surface area contributed by atoms with Gasteiger partial charge in [-0.15, -0.1) is 0 Å². The minimum Gasteiger partial charge on any atom is -0.395 e. The molecule has 2 N–H and O–H groups in total. The third-order valence-electron chi connectivity index (χ3n) is 2.70. The minimum atomic E-state index is -0.482. The van der Waals surface area contributed by atoms with Crippen LogP contribution in [-0.4, -0.2) is 35.0 Å². The Morgan fingerprint density at radius 1 is 1.40 bits per heavy atom. The zero-order valence-corrected chi connectivity index (χ0v) is 11.8. The Kier molecular flexibility index (Phi) is 4.17. The molecule has 0 radical (unpaired) electrons. The third-order valence-corrected chi connectivity index (χ3v) is 3.36. The van der Waals surface area contributed by atoms with Gasteiger partial charge in [-0.05, 0) is 34.1 Å². The van der Waals surface area contributed by atoms with Gasteiger partial charge in [-0.3, -0.25) is 14.5 Å². The van der Waals surface area contributed by atoms with Crippen molar-refractivity contribution in [1.29, 1.82) is 5.26 Å². The second-order valence-corrected chi connectivity index (χ2v) is 4.86. The summed E-state index contributed by atoms with van der Waals surface area (Å²) >= 11 is 3.24. The van der Waals surface area contributed by atoms with E-state index in [0.29, 0.717) is 15.7 Å². The summed E-state index contributed by atoms with van der Waals surface area (Å²) in [5.41, 5.74) is 1.19. The summed E-state index contributed by atoms with van der Waals surface area (Å²) in [7, 11) is 0. The molecule has 0 fully saturated rings. The van der Waals surface area contributed by atoms with E-state index in [-0.39, 0.29) is 18.8 Å². The number of halogens is 1. The van der Waals surface area contributed by atoms with Gasteiger partial charge >= 0.3 is 0 Å². The van der Waals surface area contributed by atoms with E-state index in [1.54, 1.807) is 18.2 Å². The number of carbonyl (C=O) groups is 2. The average molecular weight is 336 g/mol. The maximum atomic E-state index is 11.9. The fourth-order valence-corrected chi connectivity index (χ4v) is 2.22. The zero-order chi connectivity index (χ0) is 14.7. The van der Waals surface area contributed by atoms with Gasteiger partial charge < -0.3 is 10.4 Å². The number of β-amino-alcohol motifs (C(OH)–C–C–N with tert-alkyl or cyclic N) is 1. The van der Waals surface area contributed by atoms with E-state index in [9.17, 15) is 9.59 Å². The summed E-state index contributed by atoms with van der Waals surface area (Å²) in [5, 5.41) is 20.5. The molecular weight excluding hydrogens is 326 g/mol. The quantitative estimate of drug-likeness (QED) is 0.800. The van der Waals surface area contributed by atoms with Crippen molar-refractivity contribution in [3.63, 3.8) is 0 Å². The van der Waals surface area contributed by atoms with Gasteiger partial charge in [0.1, 0.15) is 11.8 Å². The van der Waals surface area contributed by atoms with E-state index in [0.717, 1.165) is 4.90 Å². The second kappa shape index (κ2) is 5.86. The number of anilines is 1. The van der Waals surface area contributed by atoms with Crippen LogP contribution in [-0.2, 0) is 9.59 Å². The summed E-state index contributed by atoms with van der Waals surface area (Å²) in [4.78, 5) is 24.4. The summed E-state index contributed by atoms with van der Waals surface area (Å²) in [5.74, 6) is -0.941. The molecule has 0 saturated heterocycles. The highest BCUT2D eigenvalue weighted by molar-refractivity contribution is 9.10. The molecule has 20 heavy (non-hydrogen) atoms. The maximum Gasteiger partial charge on any atom is 0.277 e. The second-order valence-electron chi connectivity index (χ2n) is 4.01. The van der Waals surface area contributed by atoms with Crippen LogP contribution in [0.15, 0.2) is 34.4 Å². The fourth-order valence-electron chi connectivity index (χ4n) is 1.75. The normalized spacial score (nSPS) is 14.2. The molecule has 1 aromatic carbocycles. The molecule has 0 atom stereocenters. The molecule has 102 valence electrons. The summed E-state index contributed by atoms with van der Waals surface area (Å²) in [6.45, 7) is -0.308. The van der Waals surface area contributed by atoms with Crippen molar-refractivity contribution in [2.24, 2.45) is 0 Å². The Morgan fingerprint density at radius 3 is 2.75 bits per heavy atom. The van der Waals surface area contributed by atoms with E-state index in [1.807, 2.05) is 6.07 Å². The monoisotopic (exact) mass is 335 g/mol. The van der Waals surface area contributed by atoms with Crippen molar-refractivity contribution >= 4 is 33.4 Å². The fraction of sp³-hybridized carbons (Fsp3) is 0.154. The van der Waals surface area contributed by atoms with Gasteiger partial charge in [-0.2, -0.15) is 5.26 Å². The highest BCUT2D eigenvalue weighted by Crippen LogP contribution is 2.23. The number of nitriles is 1. The molecule has 0 spiro atoms. The number of nitrogens with zero attached hydrogens (tertiary/aromatic N) is 2. The first-order valence-electron chi connectivity index (χ1n) is 5.72. The molecular formula is C13H10BrN3O3. The van der Waals surface area contributed by atoms with Crippen LogP contribution in [0.25, 0.3) is 0 Å². The van der Waals surface area contributed by atoms with Gasteiger partial charge in [-0.25, -0.2) is 0 Å². The van der Waals surface area contributed by atoms with E-state index in [4.69, 9.17) is 10.4 Å². The number of hydrogen-bond donors (Lipinski definition) is 2. The van der Waals surface area contributed by atoms with Crippen LogP contribution in [0.4, 0.5) is 5.69 Å². The number of benzene rings is 1. The predicted octanol–water partition coefficient (Wildman–Crippen LogP) is 0.978. The number of amides is 2. The van der Waals surface area contributed by atoms with Crippen molar-refractivity contribution in [2.45, 2.75) is 0 Å². The number of hydrogen-bond acceptors (Lipinski definition) is 5. The highest BCUT2D eigenvalue weighted by Gasteiger charge is 2.30. The summed E-state index contributed by atoms with van der Waals surface area (Å²) < 4.78 is 0.592. The SMILES string of the molecule is N#Cc1ccc(NC2=CC(=O)N(CCO)C2=O)cc1Br. The lowest BCUT2D eigenvalue weighted by atomic mass is 10.2. The summed E-state index contributed by atoms with van der Waals surface area (Å²) in [6, 6.07) is 6.89. The van der Waals surface area contributed by atoms with Crippen LogP contribution < -0.4 is 5.32 Å². The van der Waals surface area contributed by atoms with Gasteiger partial charge in [0.05, 0.1) is 18.7 Å². The van der Waals surface area contributed by atoms with Crippen LogP contribution >= 0.6 is 15.9 Å². The first-order valence-corrected chi connectivity index (χ1v) is 6.51. The van der Waals surface area contributed by atoms with Crippen LogP contribution in [0.5, 0.6) is 0 Å². The third kappa shape index (κ3) is 2.71. The maximum absolute atomic E-state index is 11.9. The standard InChI is InChI=1S/C13H10BrN3O3/c14-10-5-9(2-1-8(10)7-15)16-11-6-12(19)17(3-4-18)13(11)20/h1-2,5-6,16,18H,3-4H2. The molecule has 6 nitrogen and oxygen atoms in total. The van der Waals surface area contributed by atoms with Gasteiger partial charge in [0.2, 0.25) is 0 Å². The number of imide groups is 1. The molecule has 0 unspecified atom stereocenters. The van der Waals surface area contributed by atoms with Crippen molar-refractivity contribution in [1.82, 2.24) is 4.90 Å². The number of rotatable bonds is 4. The van der Waals surface area contributed by atoms with Gasteiger partial charge in [0.15, 0.2) is 0 Å². The molecule has 1 aliphatic rings. The molecule has 0 aromatic heterocycles. The Hall–Kier alpha value is -2.17. The zero-order valence-electron chi connectivity index (χ0n) is 10.3. The molecule has 1 aromatic rings. The van der Waals surface area contributed by atoms with E-state index < -0.39 is 11.8 Å². The largest absolute Gasteiger partial charge is 0.395 e. The van der Waals surface area contributed by atoms with Gasteiger partial charge in [-0.1, -0.05) is 0 Å². The molecule has 0 bridgehead atoms. The molecule has 0 saturated carbocycles. The van der Waals surface area contributed by atoms with Crippen molar-refractivity contribution in [3.05, 3.63) is 40.0 Å². The lowest BCUT2D eigenvalue weighted by Gasteiger charge is -2.13. The molecule has 7 heteroatoms. The predicted molar refractivity (Wildman–Crippen MR) is 74.4 cm³/mol. The van der Waals surface area contributed by atoms with E-state index >= 15 is 0 Å². The Bertz CT molecular complexity index is 649. The lowest BCUT2D eigenvalue weighted by molar-refractivity contribution is -0.137. The van der Waals surface area contributed by atoms with Crippen LogP contribution in [0, 0.1) is 11.3 Å². The molecule has 2 rings (SSSR count). The molecule has 0 aliphatic carbocycles. The lowest BCUT2D eigenvalue weighted by Crippen LogP contribution is -2.34. The number of nitrogens with one attached hydrogen (secondary N) is 1. The topological polar surface area (TPSA) is 93.4 Å². The van der Waals surface area contributed by atoms with Crippen molar-refractivity contribution in [2.75, 3.05) is 18.5 Å². The van der Waals surface area contributed by atoms with E-state index in [2.05, 4.69) is 21.2 Å². The van der Waals surface area contributed by atoms with Crippen molar-refractivity contribution < 1.29 is 14.7 Å². The summed E-state index contributed by atoms with van der Waals surface area (Å²) in [6.07, 6.45) is 1.18. The number of aliphatic hydroxyl groups is 1. The Morgan fingerprint density at radius 2 is 2.15 bits per heavy atom. The Balaban J connectivity index is 2.17. The average Bonchev–Trinajstić information content (AvgIpc) is 2.67. The smallest absolute Gasteiger partial charge is 0.277 e. The van der Waals surface area contributed by atoms with Crippen LogP contribution in [0.3, 0.4) is 0 Å². The molecule has 1 heterocycles. The van der Waals surface area contributed by atoms with Gasteiger partial charge in [0.25, 0.3) is 11.8 Å². The first kappa shape index (κ1) is 14.2. The Labute approximate surface area is 123 Å². The number of carbonyl (C=O) groups excluding carboxylic acids is 2. The minimum absolute atomic E-state index is 0.0313. The van der Waals surface area contributed by atoms with Crippen LogP contribution in [0.2, 0.25) is 0 Å². The molecule has 1 aliphatic heterocycles. The highest BCUT2D eigenvalue weighted by atomic mass is 79.9. The van der Waals surface area contributed by atoms with Gasteiger partial charge in [0, 0.05) is 16.2 Å². The molecule has 2 amide bonds. The van der Waals surface area contributed by atoms with E-state index in [1.165, 1.54) is 6.08 Å². The van der Waals surface area contributed by atoms with Crippen molar-refractivity contribution in [3.8, 4) is 6.07 Å². The van der Waals surface area contributed by atoms with Crippen LogP contribution in [0.1, 0.15) is 5.56 Å².